The van der Waals surface area contributed by atoms with E-state index in [9.17, 15) is 9.59 Å². The molecule has 1 aromatic carbocycles. The van der Waals surface area contributed by atoms with Gasteiger partial charge in [-0.25, -0.2) is 4.98 Å². The van der Waals surface area contributed by atoms with E-state index in [-0.39, 0.29) is 29.7 Å². The van der Waals surface area contributed by atoms with Crippen molar-refractivity contribution in [1.29, 1.82) is 0 Å². The van der Waals surface area contributed by atoms with Crippen LogP contribution in [-0.2, 0) is 9.59 Å². The Hall–Kier alpha value is -2.08. The number of carbonyl (C=O) groups is 2. The van der Waals surface area contributed by atoms with Crippen molar-refractivity contribution in [3.05, 3.63) is 35.9 Å². The molecule has 2 rings (SSSR count). The summed E-state index contributed by atoms with van der Waals surface area (Å²) in [5, 5.41) is 4.79. The number of hydrogen-bond acceptors (Lipinski definition) is 4. The minimum Gasteiger partial charge on any atom is -0.350 e. The number of rotatable bonds is 5. The molecule has 2 amide bonds. The second-order valence-electron chi connectivity index (χ2n) is 7.13. The molecule has 5 nitrogen and oxygen atoms in total. The number of aryl methyl sites for hydroxylation is 1. The number of carbonyl (C=O) groups excluding carboxylic acids is 2. The van der Waals surface area contributed by atoms with Crippen molar-refractivity contribution in [3.8, 4) is 0 Å². The molecule has 1 heterocycles. The lowest BCUT2D eigenvalue weighted by Crippen LogP contribution is -2.46. The van der Waals surface area contributed by atoms with Crippen molar-refractivity contribution < 1.29 is 9.59 Å². The molecule has 0 radical (unpaired) electrons. The zero-order valence-electron chi connectivity index (χ0n) is 15.4. The van der Waals surface area contributed by atoms with E-state index in [4.69, 9.17) is 0 Å². The lowest BCUT2D eigenvalue weighted by molar-refractivity contribution is -0.133. The van der Waals surface area contributed by atoms with Crippen molar-refractivity contribution in [2.24, 2.45) is 0 Å². The molecule has 2 aromatic rings. The lowest BCUT2D eigenvalue weighted by atomic mass is 10.1. The number of pyridine rings is 1. The molecule has 134 valence electrons. The van der Waals surface area contributed by atoms with Gasteiger partial charge in [0.25, 0.3) is 0 Å². The van der Waals surface area contributed by atoms with Crippen LogP contribution in [0.5, 0.6) is 0 Å². The molecule has 0 unspecified atom stereocenters. The highest BCUT2D eigenvalue weighted by Gasteiger charge is 2.18. The van der Waals surface area contributed by atoms with Gasteiger partial charge in [0.2, 0.25) is 11.8 Å². The summed E-state index contributed by atoms with van der Waals surface area (Å²) >= 11 is 1.39. The first-order valence-corrected chi connectivity index (χ1v) is 9.18. The highest BCUT2D eigenvalue weighted by atomic mass is 32.2. The first-order valence-electron chi connectivity index (χ1n) is 8.20. The van der Waals surface area contributed by atoms with Crippen LogP contribution in [-0.4, -0.2) is 46.6 Å². The summed E-state index contributed by atoms with van der Waals surface area (Å²) in [5.74, 6) is -0.000866. The monoisotopic (exact) mass is 359 g/mol. The van der Waals surface area contributed by atoms with Gasteiger partial charge >= 0.3 is 0 Å². The van der Waals surface area contributed by atoms with E-state index >= 15 is 0 Å². The maximum atomic E-state index is 12.3. The van der Waals surface area contributed by atoms with Crippen molar-refractivity contribution >= 4 is 34.5 Å². The quantitative estimate of drug-likeness (QED) is 0.834. The van der Waals surface area contributed by atoms with Crippen molar-refractivity contribution in [1.82, 2.24) is 15.2 Å². The van der Waals surface area contributed by atoms with Gasteiger partial charge in [0.1, 0.15) is 0 Å². The lowest BCUT2D eigenvalue weighted by Gasteiger charge is -2.23. The highest BCUT2D eigenvalue weighted by molar-refractivity contribution is 7.99. The Bertz CT molecular complexity index is 784. The second kappa shape index (κ2) is 7.87. The van der Waals surface area contributed by atoms with E-state index in [2.05, 4.69) is 10.3 Å². The zero-order valence-corrected chi connectivity index (χ0v) is 16.2. The molecule has 0 bridgehead atoms. The maximum absolute atomic E-state index is 12.3. The summed E-state index contributed by atoms with van der Waals surface area (Å²) in [7, 11) is 1.64. The minimum atomic E-state index is -0.303. The number of benzene rings is 1. The van der Waals surface area contributed by atoms with Crippen LogP contribution < -0.4 is 5.32 Å². The van der Waals surface area contributed by atoms with Crippen LogP contribution in [0.2, 0.25) is 0 Å². The smallest absolute Gasteiger partial charge is 0.240 e. The Morgan fingerprint density at radius 3 is 2.60 bits per heavy atom. The van der Waals surface area contributed by atoms with Gasteiger partial charge in [-0.2, -0.15) is 0 Å². The second-order valence-corrected chi connectivity index (χ2v) is 8.13. The summed E-state index contributed by atoms with van der Waals surface area (Å²) in [6.07, 6.45) is 0. The zero-order chi connectivity index (χ0) is 18.6. The Balaban J connectivity index is 1.94. The molecular formula is C19H25N3O2S. The molecule has 0 aliphatic heterocycles. The fraction of sp³-hybridized carbons (Fsp3) is 0.421. The summed E-state index contributed by atoms with van der Waals surface area (Å²) < 4.78 is 0. The first-order chi connectivity index (χ1) is 11.7. The number of nitrogens with one attached hydrogen (secondary N) is 1. The van der Waals surface area contributed by atoms with E-state index in [1.807, 2.05) is 58.0 Å². The Labute approximate surface area is 153 Å². The van der Waals surface area contributed by atoms with E-state index in [1.54, 1.807) is 7.05 Å². The average molecular weight is 359 g/mol. The predicted octanol–water partition coefficient (Wildman–Crippen LogP) is 3.01. The first kappa shape index (κ1) is 19.2. The van der Waals surface area contributed by atoms with Crippen LogP contribution in [0.25, 0.3) is 10.9 Å². The number of thioether (sulfide) groups is 1. The SMILES string of the molecule is Cc1cc(SCC(=O)N(C)CC(=O)NC(C)(C)C)nc2ccccc12. The number of aromatic nitrogens is 1. The predicted molar refractivity (Wildman–Crippen MR) is 103 cm³/mol. The van der Waals surface area contributed by atoms with Gasteiger partial charge in [-0.3, -0.25) is 9.59 Å². The summed E-state index contributed by atoms with van der Waals surface area (Å²) in [6.45, 7) is 7.84. The van der Waals surface area contributed by atoms with Gasteiger partial charge in [0.05, 0.1) is 22.8 Å². The number of hydrogen-bond donors (Lipinski definition) is 1. The number of likely N-dealkylation sites (N-methyl/N-ethyl adjacent to an activating group) is 1. The summed E-state index contributed by atoms with van der Waals surface area (Å²) in [5.41, 5.74) is 1.76. The van der Waals surface area contributed by atoms with E-state index < -0.39 is 0 Å². The molecule has 25 heavy (non-hydrogen) atoms. The fourth-order valence-corrected chi connectivity index (χ4v) is 3.31. The van der Waals surface area contributed by atoms with Crippen LogP contribution in [0.15, 0.2) is 35.4 Å². The fourth-order valence-electron chi connectivity index (χ4n) is 2.40. The third-order valence-electron chi connectivity index (χ3n) is 3.56. The molecule has 1 N–H and O–H groups in total. The van der Waals surface area contributed by atoms with Gasteiger partial charge in [-0.1, -0.05) is 30.0 Å². The van der Waals surface area contributed by atoms with Crippen molar-refractivity contribution in [3.63, 3.8) is 0 Å². The van der Waals surface area contributed by atoms with Gasteiger partial charge in [0.15, 0.2) is 0 Å². The number of fused-ring (bicyclic) bond motifs is 1. The molecule has 0 saturated heterocycles. The van der Waals surface area contributed by atoms with Gasteiger partial charge in [0, 0.05) is 18.0 Å². The van der Waals surface area contributed by atoms with Crippen molar-refractivity contribution in [2.75, 3.05) is 19.3 Å². The molecule has 6 heteroatoms. The summed E-state index contributed by atoms with van der Waals surface area (Å²) in [6, 6.07) is 9.95. The number of para-hydroxylation sites is 1. The molecule has 0 atom stereocenters. The number of nitrogens with zero attached hydrogens (tertiary/aromatic N) is 2. The topological polar surface area (TPSA) is 62.3 Å². The average Bonchev–Trinajstić information content (AvgIpc) is 2.50. The molecule has 0 aliphatic carbocycles. The van der Waals surface area contributed by atoms with Crippen LogP contribution in [0, 0.1) is 6.92 Å². The third kappa shape index (κ3) is 5.74. The Morgan fingerprint density at radius 2 is 1.92 bits per heavy atom. The normalized spacial score (nSPS) is 11.4. The number of amides is 2. The van der Waals surface area contributed by atoms with Crippen LogP contribution >= 0.6 is 11.8 Å². The van der Waals surface area contributed by atoms with Gasteiger partial charge in [-0.15, -0.1) is 0 Å². The Morgan fingerprint density at radius 1 is 1.24 bits per heavy atom. The molecule has 0 saturated carbocycles. The Kier molecular flexibility index (Phi) is 6.06. The minimum absolute atomic E-state index is 0.0564. The molecule has 1 aromatic heterocycles. The molecule has 0 fully saturated rings. The van der Waals surface area contributed by atoms with Crippen LogP contribution in [0.1, 0.15) is 26.3 Å². The standard InChI is InChI=1S/C19H25N3O2S/c1-13-10-17(20-15-9-7-6-8-14(13)15)25-12-18(24)22(5)11-16(23)21-19(2,3)4/h6-10H,11-12H2,1-5H3,(H,21,23). The third-order valence-corrected chi connectivity index (χ3v) is 4.46. The van der Waals surface area contributed by atoms with E-state index in [1.165, 1.54) is 16.7 Å². The highest BCUT2D eigenvalue weighted by Crippen LogP contribution is 2.23. The summed E-state index contributed by atoms with van der Waals surface area (Å²) in [4.78, 5) is 30.2. The van der Waals surface area contributed by atoms with Gasteiger partial charge < -0.3 is 10.2 Å². The molecular weight excluding hydrogens is 334 g/mol. The van der Waals surface area contributed by atoms with E-state index in [0.717, 1.165) is 21.5 Å². The van der Waals surface area contributed by atoms with Gasteiger partial charge in [-0.05, 0) is 45.4 Å². The molecule has 0 aliphatic rings. The van der Waals surface area contributed by atoms with Crippen molar-refractivity contribution in [2.45, 2.75) is 38.3 Å². The largest absolute Gasteiger partial charge is 0.350 e. The maximum Gasteiger partial charge on any atom is 0.240 e. The molecule has 0 spiro atoms. The van der Waals surface area contributed by atoms with Crippen LogP contribution in [0.4, 0.5) is 0 Å². The van der Waals surface area contributed by atoms with E-state index in [0.29, 0.717) is 0 Å². The van der Waals surface area contributed by atoms with Crippen LogP contribution in [0.3, 0.4) is 0 Å².